The molecule has 0 saturated heterocycles. The predicted octanol–water partition coefficient (Wildman–Crippen LogP) is 1.45. The molecule has 0 aliphatic heterocycles. The second-order valence-corrected chi connectivity index (χ2v) is 9.61. The smallest absolute Gasteiger partial charge is 0.224 e. The Morgan fingerprint density at radius 1 is 1.00 bits per heavy atom. The van der Waals surface area contributed by atoms with Crippen LogP contribution in [-0.2, 0) is 19.1 Å². The highest BCUT2D eigenvalue weighted by molar-refractivity contribution is 6.88. The SMILES string of the molecule is COC1=C(OC)C(=O)C([Si](C)(C)C)=CC1=O. The maximum atomic E-state index is 12.1. The number of methoxy groups -OCH3 is 2. The first-order chi connectivity index (χ1) is 7.32. The number of hydrogen-bond acceptors (Lipinski definition) is 4. The Balaban J connectivity index is 3.27. The van der Waals surface area contributed by atoms with E-state index in [2.05, 4.69) is 0 Å². The molecule has 5 heteroatoms. The molecule has 0 aromatic heterocycles. The minimum Gasteiger partial charge on any atom is -0.490 e. The lowest BCUT2D eigenvalue weighted by atomic mass is 10.1. The van der Waals surface area contributed by atoms with Gasteiger partial charge in [0.2, 0.25) is 23.1 Å². The summed E-state index contributed by atoms with van der Waals surface area (Å²) in [5.74, 6) is -0.503. The highest BCUT2D eigenvalue weighted by atomic mass is 28.3. The third kappa shape index (κ3) is 2.09. The average molecular weight is 240 g/mol. The molecule has 0 aromatic rings. The molecule has 16 heavy (non-hydrogen) atoms. The summed E-state index contributed by atoms with van der Waals surface area (Å²) in [5.41, 5.74) is 0. The summed E-state index contributed by atoms with van der Waals surface area (Å²) in [6, 6.07) is 0. The summed E-state index contributed by atoms with van der Waals surface area (Å²) in [4.78, 5) is 23.8. The molecule has 88 valence electrons. The van der Waals surface area contributed by atoms with E-state index in [0.29, 0.717) is 5.20 Å². The van der Waals surface area contributed by atoms with Gasteiger partial charge in [-0.3, -0.25) is 9.59 Å². The third-order valence-electron chi connectivity index (χ3n) is 2.37. The summed E-state index contributed by atoms with van der Waals surface area (Å²) in [7, 11) is 0.881. The highest BCUT2D eigenvalue weighted by Gasteiger charge is 2.36. The Morgan fingerprint density at radius 3 is 1.88 bits per heavy atom. The lowest BCUT2D eigenvalue weighted by Gasteiger charge is -2.24. The van der Waals surface area contributed by atoms with E-state index in [1.54, 1.807) is 0 Å². The molecule has 0 amide bonds. The van der Waals surface area contributed by atoms with Crippen LogP contribution in [0.5, 0.6) is 0 Å². The van der Waals surface area contributed by atoms with Gasteiger partial charge in [0.1, 0.15) is 0 Å². The Hall–Kier alpha value is -1.36. The highest BCUT2D eigenvalue weighted by Crippen LogP contribution is 2.26. The van der Waals surface area contributed by atoms with Crippen LogP contribution in [0.2, 0.25) is 19.6 Å². The molecular weight excluding hydrogens is 224 g/mol. The summed E-state index contributed by atoms with van der Waals surface area (Å²) >= 11 is 0. The molecule has 1 rings (SSSR count). The molecule has 0 aromatic carbocycles. The van der Waals surface area contributed by atoms with Gasteiger partial charge in [0.05, 0.1) is 22.3 Å². The normalized spacial score (nSPS) is 17.4. The van der Waals surface area contributed by atoms with Crippen molar-refractivity contribution in [1.29, 1.82) is 0 Å². The van der Waals surface area contributed by atoms with Crippen molar-refractivity contribution in [2.24, 2.45) is 0 Å². The molecule has 0 fully saturated rings. The van der Waals surface area contributed by atoms with Crippen LogP contribution in [0, 0.1) is 0 Å². The van der Waals surface area contributed by atoms with E-state index in [0.717, 1.165) is 0 Å². The molecule has 0 spiro atoms. The molecule has 0 bridgehead atoms. The Kier molecular flexibility index (Phi) is 3.37. The summed E-state index contributed by atoms with van der Waals surface area (Å²) in [6.45, 7) is 6.03. The maximum absolute atomic E-state index is 12.1. The summed E-state index contributed by atoms with van der Waals surface area (Å²) in [5, 5.41) is 0.579. The molecule has 0 saturated carbocycles. The molecule has 0 unspecified atom stereocenters. The average Bonchev–Trinajstić information content (AvgIpc) is 2.18. The van der Waals surface area contributed by atoms with Gasteiger partial charge < -0.3 is 9.47 Å². The van der Waals surface area contributed by atoms with Crippen LogP contribution in [0.3, 0.4) is 0 Å². The van der Waals surface area contributed by atoms with E-state index in [9.17, 15) is 9.59 Å². The largest absolute Gasteiger partial charge is 0.490 e. The van der Waals surface area contributed by atoms with Gasteiger partial charge in [-0.15, -0.1) is 0 Å². The first-order valence-corrected chi connectivity index (χ1v) is 8.46. The maximum Gasteiger partial charge on any atom is 0.224 e. The zero-order valence-corrected chi connectivity index (χ0v) is 11.2. The Labute approximate surface area is 95.9 Å². The van der Waals surface area contributed by atoms with Gasteiger partial charge in [-0.25, -0.2) is 0 Å². The molecule has 1 aliphatic rings. The summed E-state index contributed by atoms with van der Waals surface area (Å²) < 4.78 is 9.86. The number of carbonyl (C=O) groups excluding carboxylic acids is 2. The van der Waals surface area contributed by atoms with Crippen LogP contribution >= 0.6 is 0 Å². The lowest BCUT2D eigenvalue weighted by molar-refractivity contribution is -0.120. The van der Waals surface area contributed by atoms with Gasteiger partial charge in [0.25, 0.3) is 0 Å². The molecule has 0 N–H and O–H groups in total. The zero-order valence-electron chi connectivity index (χ0n) is 10.2. The van der Waals surface area contributed by atoms with E-state index in [1.165, 1.54) is 20.3 Å². The van der Waals surface area contributed by atoms with Gasteiger partial charge in [0, 0.05) is 0 Å². The van der Waals surface area contributed by atoms with Crippen molar-refractivity contribution >= 4 is 19.6 Å². The van der Waals surface area contributed by atoms with E-state index < -0.39 is 8.07 Å². The van der Waals surface area contributed by atoms with Crippen LogP contribution in [0.4, 0.5) is 0 Å². The molecule has 1 aliphatic carbocycles. The monoisotopic (exact) mass is 240 g/mol. The number of Topliss-reactive ketones (excluding diaryl/α,β-unsaturated/α-hetero) is 1. The molecule has 0 heterocycles. The quantitative estimate of drug-likeness (QED) is 0.553. The first-order valence-electron chi connectivity index (χ1n) is 4.96. The summed E-state index contributed by atoms with van der Waals surface area (Å²) in [6.07, 6.45) is 1.38. The predicted molar refractivity (Wildman–Crippen MR) is 62.5 cm³/mol. The Bertz CT molecular complexity index is 399. The van der Waals surface area contributed by atoms with E-state index in [-0.39, 0.29) is 23.1 Å². The second kappa shape index (κ2) is 4.25. The van der Waals surface area contributed by atoms with E-state index in [1.807, 2.05) is 19.6 Å². The second-order valence-electron chi connectivity index (χ2n) is 4.57. The van der Waals surface area contributed by atoms with E-state index >= 15 is 0 Å². The minimum atomic E-state index is -1.84. The van der Waals surface area contributed by atoms with Crippen LogP contribution in [0.15, 0.2) is 22.8 Å². The third-order valence-corrected chi connectivity index (χ3v) is 4.36. The number of ether oxygens (including phenoxy) is 2. The fourth-order valence-electron chi connectivity index (χ4n) is 1.54. The van der Waals surface area contributed by atoms with Crippen LogP contribution in [0.1, 0.15) is 0 Å². The lowest BCUT2D eigenvalue weighted by Crippen LogP contribution is -2.35. The number of hydrogen-bond donors (Lipinski definition) is 0. The van der Waals surface area contributed by atoms with Gasteiger partial charge in [-0.05, 0) is 11.3 Å². The number of rotatable bonds is 3. The van der Waals surface area contributed by atoms with Crippen molar-refractivity contribution in [3.8, 4) is 0 Å². The topological polar surface area (TPSA) is 52.6 Å². The van der Waals surface area contributed by atoms with Crippen LogP contribution in [0.25, 0.3) is 0 Å². The number of allylic oxidation sites excluding steroid dienone is 2. The molecular formula is C11H16O4Si. The van der Waals surface area contributed by atoms with Crippen molar-refractivity contribution in [2.75, 3.05) is 14.2 Å². The minimum absolute atomic E-state index is 0.00509. The van der Waals surface area contributed by atoms with Crippen molar-refractivity contribution in [3.05, 3.63) is 22.8 Å². The molecule has 0 atom stereocenters. The van der Waals surface area contributed by atoms with Gasteiger partial charge in [-0.1, -0.05) is 19.6 Å². The molecule has 0 radical (unpaired) electrons. The molecule has 4 nitrogen and oxygen atoms in total. The van der Waals surface area contributed by atoms with Crippen molar-refractivity contribution in [1.82, 2.24) is 0 Å². The van der Waals surface area contributed by atoms with Gasteiger partial charge in [0.15, 0.2) is 0 Å². The van der Waals surface area contributed by atoms with Gasteiger partial charge in [-0.2, -0.15) is 0 Å². The van der Waals surface area contributed by atoms with E-state index in [4.69, 9.17) is 9.47 Å². The standard InChI is InChI=1S/C11H16O4Si/c1-14-10-7(12)6-8(16(3,4)5)9(13)11(10)15-2/h6H,1-5H3. The van der Waals surface area contributed by atoms with Crippen LogP contribution < -0.4 is 0 Å². The zero-order chi connectivity index (χ0) is 12.5. The first kappa shape index (κ1) is 12.7. The van der Waals surface area contributed by atoms with Crippen molar-refractivity contribution < 1.29 is 19.1 Å². The number of ketones is 2. The van der Waals surface area contributed by atoms with Crippen molar-refractivity contribution in [2.45, 2.75) is 19.6 Å². The Morgan fingerprint density at radius 2 is 1.50 bits per heavy atom. The fourth-order valence-corrected chi connectivity index (χ4v) is 2.89. The fraction of sp³-hybridized carbons (Fsp3) is 0.455. The van der Waals surface area contributed by atoms with Crippen LogP contribution in [-0.4, -0.2) is 33.9 Å². The number of carbonyl (C=O) groups is 2. The van der Waals surface area contributed by atoms with Crippen molar-refractivity contribution in [3.63, 3.8) is 0 Å². The van der Waals surface area contributed by atoms with Gasteiger partial charge >= 0.3 is 0 Å².